The Kier molecular flexibility index (Phi) is 7.16. The van der Waals surface area contributed by atoms with Crippen molar-refractivity contribution in [2.45, 2.75) is 6.42 Å². The van der Waals surface area contributed by atoms with Crippen molar-refractivity contribution in [3.8, 4) is 5.75 Å². The normalized spacial score (nSPS) is 10.6. The van der Waals surface area contributed by atoms with Gasteiger partial charge < -0.3 is 20.3 Å². The van der Waals surface area contributed by atoms with Gasteiger partial charge in [0.25, 0.3) is 5.91 Å². The van der Waals surface area contributed by atoms with Crippen molar-refractivity contribution in [2.24, 2.45) is 0 Å². The molecule has 0 aliphatic rings. The Morgan fingerprint density at radius 2 is 2.00 bits per heavy atom. The van der Waals surface area contributed by atoms with E-state index in [4.69, 9.17) is 4.74 Å². The van der Waals surface area contributed by atoms with Gasteiger partial charge in [-0.15, -0.1) is 0 Å². The number of carbonyl (C=O) groups excluding carboxylic acids is 1. The number of methoxy groups -OCH3 is 1. The quantitative estimate of drug-likeness (QED) is 0.717. The summed E-state index contributed by atoms with van der Waals surface area (Å²) in [6.45, 7) is 2.00. The number of hydrogen-bond acceptors (Lipinski definition) is 6. The van der Waals surface area contributed by atoms with Crippen LogP contribution in [0.4, 0.5) is 5.95 Å². The largest absolute Gasteiger partial charge is 0.496 e. The molecule has 0 fully saturated rings. The van der Waals surface area contributed by atoms with Crippen molar-refractivity contribution >= 4 is 11.9 Å². The average Bonchev–Trinajstić information content (AvgIpc) is 2.62. The second-order valence-electron chi connectivity index (χ2n) is 5.81. The molecule has 134 valence electrons. The number of ether oxygens (including phenoxy) is 1. The molecule has 7 nitrogen and oxygen atoms in total. The minimum Gasteiger partial charge on any atom is -0.496 e. The van der Waals surface area contributed by atoms with E-state index in [0.29, 0.717) is 24.7 Å². The van der Waals surface area contributed by atoms with Crippen LogP contribution in [0.15, 0.2) is 36.5 Å². The van der Waals surface area contributed by atoms with Crippen LogP contribution in [-0.4, -0.2) is 61.6 Å². The zero-order valence-corrected chi connectivity index (χ0v) is 15.0. The molecule has 2 N–H and O–H groups in total. The second-order valence-corrected chi connectivity index (χ2v) is 5.81. The molecule has 0 aliphatic heterocycles. The third-order valence-electron chi connectivity index (χ3n) is 3.60. The van der Waals surface area contributed by atoms with Crippen LogP contribution in [0.1, 0.15) is 16.1 Å². The Balaban J connectivity index is 1.87. The molecule has 1 aromatic heterocycles. The lowest BCUT2D eigenvalue weighted by atomic mass is 10.1. The van der Waals surface area contributed by atoms with E-state index >= 15 is 0 Å². The molecule has 0 atom stereocenters. The van der Waals surface area contributed by atoms with Gasteiger partial charge in [0, 0.05) is 25.8 Å². The number of carbonyl (C=O) groups is 1. The van der Waals surface area contributed by atoms with Gasteiger partial charge in [-0.05, 0) is 38.2 Å². The lowest BCUT2D eigenvalue weighted by molar-refractivity contribution is 0.0946. The van der Waals surface area contributed by atoms with E-state index < -0.39 is 0 Å². The van der Waals surface area contributed by atoms with Crippen LogP contribution in [0.25, 0.3) is 0 Å². The van der Waals surface area contributed by atoms with E-state index in [0.717, 1.165) is 24.3 Å². The number of anilines is 1. The van der Waals surface area contributed by atoms with Gasteiger partial charge in [-0.3, -0.25) is 4.79 Å². The molecule has 25 heavy (non-hydrogen) atoms. The third kappa shape index (κ3) is 6.04. The summed E-state index contributed by atoms with van der Waals surface area (Å²) < 4.78 is 5.34. The molecule has 0 unspecified atom stereocenters. The Hall–Kier alpha value is -2.67. The summed E-state index contributed by atoms with van der Waals surface area (Å²) in [6.07, 6.45) is 2.35. The number of para-hydroxylation sites is 1. The molecule has 0 radical (unpaired) electrons. The molecule has 0 spiro atoms. The van der Waals surface area contributed by atoms with Gasteiger partial charge in [0.1, 0.15) is 11.4 Å². The molecule has 0 saturated heterocycles. The first-order chi connectivity index (χ1) is 12.1. The predicted molar refractivity (Wildman–Crippen MR) is 98.1 cm³/mol. The first-order valence-electron chi connectivity index (χ1n) is 8.22. The number of hydrogen-bond donors (Lipinski definition) is 2. The Morgan fingerprint density at radius 1 is 1.20 bits per heavy atom. The van der Waals surface area contributed by atoms with Gasteiger partial charge in [0.15, 0.2) is 0 Å². The average molecular weight is 343 g/mol. The summed E-state index contributed by atoms with van der Waals surface area (Å²) in [7, 11) is 5.58. The highest BCUT2D eigenvalue weighted by Gasteiger charge is 2.08. The van der Waals surface area contributed by atoms with Crippen LogP contribution in [-0.2, 0) is 6.42 Å². The summed E-state index contributed by atoms with van der Waals surface area (Å²) in [5.74, 6) is 1.10. The minimum absolute atomic E-state index is 0.197. The smallest absolute Gasteiger partial charge is 0.270 e. The lowest BCUT2D eigenvalue weighted by Gasteiger charge is -2.11. The van der Waals surface area contributed by atoms with Gasteiger partial charge in [-0.2, -0.15) is 0 Å². The van der Waals surface area contributed by atoms with E-state index in [2.05, 4.69) is 20.6 Å². The fourth-order valence-corrected chi connectivity index (χ4v) is 2.27. The zero-order valence-electron chi connectivity index (χ0n) is 15.0. The highest BCUT2D eigenvalue weighted by molar-refractivity contribution is 5.92. The standard InChI is InChI=1S/C18H25N5O2/c1-23(2)13-12-19-17(24)15-9-11-21-18(22-15)20-10-8-14-6-4-5-7-16(14)25-3/h4-7,9,11H,8,10,12-13H2,1-3H3,(H,19,24)(H,20,21,22). The first kappa shape index (κ1) is 18.7. The Labute approximate surface area is 148 Å². The molecule has 1 aromatic carbocycles. The van der Waals surface area contributed by atoms with E-state index in [-0.39, 0.29) is 5.91 Å². The number of nitrogens with one attached hydrogen (secondary N) is 2. The fraction of sp³-hybridized carbons (Fsp3) is 0.389. The minimum atomic E-state index is -0.197. The molecule has 1 heterocycles. The molecule has 0 saturated carbocycles. The monoisotopic (exact) mass is 343 g/mol. The number of nitrogens with zero attached hydrogens (tertiary/aromatic N) is 3. The van der Waals surface area contributed by atoms with Crippen LogP contribution in [0.3, 0.4) is 0 Å². The Morgan fingerprint density at radius 3 is 2.76 bits per heavy atom. The maximum absolute atomic E-state index is 12.1. The summed E-state index contributed by atoms with van der Waals surface area (Å²) >= 11 is 0. The first-order valence-corrected chi connectivity index (χ1v) is 8.22. The van der Waals surface area contributed by atoms with Crippen LogP contribution >= 0.6 is 0 Å². The zero-order chi connectivity index (χ0) is 18.1. The number of rotatable bonds is 9. The number of amides is 1. The molecule has 1 amide bonds. The maximum Gasteiger partial charge on any atom is 0.270 e. The lowest BCUT2D eigenvalue weighted by Crippen LogP contribution is -2.32. The van der Waals surface area contributed by atoms with Gasteiger partial charge in [0.2, 0.25) is 5.95 Å². The van der Waals surface area contributed by atoms with Crippen LogP contribution in [0, 0.1) is 0 Å². The van der Waals surface area contributed by atoms with Crippen molar-refractivity contribution in [3.05, 3.63) is 47.8 Å². The van der Waals surface area contributed by atoms with Gasteiger partial charge in [-0.25, -0.2) is 9.97 Å². The SMILES string of the molecule is COc1ccccc1CCNc1nccc(C(=O)NCCN(C)C)n1. The van der Waals surface area contributed by atoms with Gasteiger partial charge in [0.05, 0.1) is 7.11 Å². The summed E-state index contributed by atoms with van der Waals surface area (Å²) in [5, 5.41) is 5.99. The number of aromatic nitrogens is 2. The Bertz CT molecular complexity index is 691. The molecule has 0 aliphatic carbocycles. The van der Waals surface area contributed by atoms with Crippen LogP contribution in [0.5, 0.6) is 5.75 Å². The van der Waals surface area contributed by atoms with Crippen LogP contribution in [0.2, 0.25) is 0 Å². The number of likely N-dealkylation sites (N-methyl/N-ethyl adjacent to an activating group) is 1. The van der Waals surface area contributed by atoms with E-state index in [1.165, 1.54) is 0 Å². The predicted octanol–water partition coefficient (Wildman–Crippen LogP) is 1.43. The maximum atomic E-state index is 12.1. The van der Waals surface area contributed by atoms with Crippen molar-refractivity contribution < 1.29 is 9.53 Å². The summed E-state index contributed by atoms with van der Waals surface area (Å²) in [6, 6.07) is 9.49. The van der Waals surface area contributed by atoms with E-state index in [9.17, 15) is 4.79 Å². The molecular weight excluding hydrogens is 318 g/mol. The van der Waals surface area contributed by atoms with Crippen molar-refractivity contribution in [2.75, 3.05) is 46.2 Å². The summed E-state index contributed by atoms with van der Waals surface area (Å²) in [4.78, 5) is 22.5. The van der Waals surface area contributed by atoms with Crippen molar-refractivity contribution in [1.29, 1.82) is 0 Å². The van der Waals surface area contributed by atoms with Crippen molar-refractivity contribution in [1.82, 2.24) is 20.2 Å². The molecular formula is C18H25N5O2. The van der Waals surface area contributed by atoms with Crippen LogP contribution < -0.4 is 15.4 Å². The molecule has 7 heteroatoms. The number of benzene rings is 1. The summed E-state index contributed by atoms with van der Waals surface area (Å²) in [5.41, 5.74) is 1.46. The van der Waals surface area contributed by atoms with Crippen molar-refractivity contribution in [3.63, 3.8) is 0 Å². The fourth-order valence-electron chi connectivity index (χ4n) is 2.27. The highest BCUT2D eigenvalue weighted by Crippen LogP contribution is 2.17. The van der Waals surface area contributed by atoms with Gasteiger partial charge >= 0.3 is 0 Å². The third-order valence-corrected chi connectivity index (χ3v) is 3.60. The van der Waals surface area contributed by atoms with Gasteiger partial charge in [-0.1, -0.05) is 18.2 Å². The second kappa shape index (κ2) is 9.58. The highest BCUT2D eigenvalue weighted by atomic mass is 16.5. The molecule has 2 rings (SSSR count). The molecule has 0 bridgehead atoms. The topological polar surface area (TPSA) is 79.4 Å². The molecule has 2 aromatic rings. The van der Waals surface area contributed by atoms with E-state index in [1.807, 2.05) is 43.3 Å². The van der Waals surface area contributed by atoms with E-state index in [1.54, 1.807) is 19.4 Å².